The zero-order valence-corrected chi connectivity index (χ0v) is 7.82. The number of nitrogens with zero attached hydrogens (tertiary/aromatic N) is 3. The first-order valence-corrected chi connectivity index (χ1v) is 4.62. The third-order valence-corrected chi connectivity index (χ3v) is 2.65. The molecule has 0 unspecified atom stereocenters. The van der Waals surface area contributed by atoms with E-state index in [1.807, 2.05) is 6.92 Å². The molecule has 1 aliphatic carbocycles. The van der Waals surface area contributed by atoms with E-state index in [1.165, 1.54) is 6.33 Å². The minimum absolute atomic E-state index is 0.101. The van der Waals surface area contributed by atoms with Crippen molar-refractivity contribution in [2.45, 2.75) is 38.1 Å². The van der Waals surface area contributed by atoms with Gasteiger partial charge >= 0.3 is 0 Å². The Morgan fingerprint density at radius 2 is 2.31 bits per heavy atom. The Bertz CT molecular complexity index is 306. The van der Waals surface area contributed by atoms with Crippen molar-refractivity contribution in [1.29, 1.82) is 0 Å². The van der Waals surface area contributed by atoms with Gasteiger partial charge in [-0.2, -0.15) is 5.10 Å². The molecule has 13 heavy (non-hydrogen) atoms. The predicted octanol–water partition coefficient (Wildman–Crippen LogP) is 0.604. The van der Waals surface area contributed by atoms with Crippen LogP contribution in [0.1, 0.15) is 30.7 Å². The maximum absolute atomic E-state index is 5.98. The van der Waals surface area contributed by atoms with Crippen LogP contribution in [0.5, 0.6) is 0 Å². The van der Waals surface area contributed by atoms with E-state index in [9.17, 15) is 0 Å². The van der Waals surface area contributed by atoms with Gasteiger partial charge in [-0.15, -0.1) is 5.10 Å². The Morgan fingerprint density at radius 3 is 2.92 bits per heavy atom. The van der Waals surface area contributed by atoms with E-state index in [4.69, 9.17) is 5.73 Å². The van der Waals surface area contributed by atoms with E-state index in [2.05, 4.69) is 15.2 Å². The van der Waals surface area contributed by atoms with Crippen LogP contribution in [0.3, 0.4) is 0 Å². The quantitative estimate of drug-likeness (QED) is 0.736. The molecule has 1 aromatic heterocycles. The fourth-order valence-electron chi connectivity index (χ4n) is 1.36. The number of aromatic nitrogens is 3. The van der Waals surface area contributed by atoms with Gasteiger partial charge in [0.15, 0.2) is 0 Å². The minimum Gasteiger partial charge on any atom is -0.325 e. The summed E-state index contributed by atoms with van der Waals surface area (Å²) in [5.74, 6) is 0. The highest BCUT2D eigenvalue weighted by Crippen LogP contribution is 2.36. The lowest BCUT2D eigenvalue weighted by molar-refractivity contribution is 0.595. The van der Waals surface area contributed by atoms with E-state index < -0.39 is 0 Å². The highest BCUT2D eigenvalue weighted by Gasteiger charge is 2.37. The standard InChI is InChI=1S/C9H14N4/c1-7-8(13-12-6-11-7)2-3-9(10)4-5-9/h6H,2-5,10H2,1H3. The number of rotatable bonds is 3. The second-order valence-corrected chi connectivity index (χ2v) is 3.85. The van der Waals surface area contributed by atoms with Gasteiger partial charge in [-0.3, -0.25) is 0 Å². The first-order valence-electron chi connectivity index (χ1n) is 4.62. The third kappa shape index (κ3) is 2.01. The van der Waals surface area contributed by atoms with Crippen LogP contribution < -0.4 is 5.73 Å². The Kier molecular flexibility index (Phi) is 2.00. The van der Waals surface area contributed by atoms with Crippen LogP contribution in [0.25, 0.3) is 0 Å². The van der Waals surface area contributed by atoms with Crippen molar-refractivity contribution in [1.82, 2.24) is 15.2 Å². The molecular weight excluding hydrogens is 164 g/mol. The molecule has 0 bridgehead atoms. The number of aryl methyl sites for hydroxylation is 2. The Morgan fingerprint density at radius 1 is 1.54 bits per heavy atom. The van der Waals surface area contributed by atoms with Gasteiger partial charge in [0.25, 0.3) is 0 Å². The SMILES string of the molecule is Cc1ncnnc1CCC1(N)CC1. The molecule has 0 aliphatic heterocycles. The molecule has 1 aromatic rings. The maximum Gasteiger partial charge on any atom is 0.138 e. The van der Waals surface area contributed by atoms with E-state index >= 15 is 0 Å². The van der Waals surface area contributed by atoms with E-state index in [0.717, 1.165) is 37.1 Å². The van der Waals surface area contributed by atoms with Crippen molar-refractivity contribution in [3.05, 3.63) is 17.7 Å². The summed E-state index contributed by atoms with van der Waals surface area (Å²) >= 11 is 0. The molecule has 0 aromatic carbocycles. The van der Waals surface area contributed by atoms with Crippen molar-refractivity contribution in [3.63, 3.8) is 0 Å². The molecule has 2 rings (SSSR count). The van der Waals surface area contributed by atoms with Crippen molar-refractivity contribution in [3.8, 4) is 0 Å². The predicted molar refractivity (Wildman–Crippen MR) is 49.0 cm³/mol. The lowest BCUT2D eigenvalue weighted by Crippen LogP contribution is -2.22. The molecular formula is C9H14N4. The van der Waals surface area contributed by atoms with Gasteiger partial charge in [0.1, 0.15) is 6.33 Å². The molecule has 0 saturated heterocycles. The van der Waals surface area contributed by atoms with Crippen LogP contribution in [0.4, 0.5) is 0 Å². The van der Waals surface area contributed by atoms with Crippen molar-refractivity contribution >= 4 is 0 Å². The minimum atomic E-state index is 0.101. The fraction of sp³-hybridized carbons (Fsp3) is 0.667. The topological polar surface area (TPSA) is 64.7 Å². The van der Waals surface area contributed by atoms with Gasteiger partial charge in [-0.05, 0) is 32.6 Å². The van der Waals surface area contributed by atoms with Crippen molar-refractivity contribution in [2.75, 3.05) is 0 Å². The molecule has 0 amide bonds. The second kappa shape index (κ2) is 3.03. The molecule has 1 heterocycles. The summed E-state index contributed by atoms with van der Waals surface area (Å²) in [6.07, 6.45) is 5.70. The van der Waals surface area contributed by atoms with Gasteiger partial charge in [0.2, 0.25) is 0 Å². The summed E-state index contributed by atoms with van der Waals surface area (Å²) in [6.45, 7) is 1.96. The lowest BCUT2D eigenvalue weighted by Gasteiger charge is -2.07. The van der Waals surface area contributed by atoms with Crippen molar-refractivity contribution < 1.29 is 0 Å². The van der Waals surface area contributed by atoms with E-state index in [0.29, 0.717) is 0 Å². The third-order valence-electron chi connectivity index (χ3n) is 2.65. The van der Waals surface area contributed by atoms with Gasteiger partial charge in [0.05, 0.1) is 11.4 Å². The van der Waals surface area contributed by atoms with Crippen LogP contribution >= 0.6 is 0 Å². The molecule has 70 valence electrons. The molecule has 1 saturated carbocycles. The highest BCUT2D eigenvalue weighted by atomic mass is 15.1. The van der Waals surface area contributed by atoms with Gasteiger partial charge in [-0.25, -0.2) is 4.98 Å². The maximum atomic E-state index is 5.98. The molecule has 4 heteroatoms. The molecule has 4 nitrogen and oxygen atoms in total. The average Bonchev–Trinajstić information content (AvgIpc) is 2.83. The molecule has 0 spiro atoms. The first-order chi connectivity index (χ1) is 6.20. The number of nitrogens with two attached hydrogens (primary N) is 1. The first kappa shape index (κ1) is 8.56. The molecule has 0 radical (unpaired) electrons. The molecule has 1 aliphatic rings. The largest absolute Gasteiger partial charge is 0.325 e. The van der Waals surface area contributed by atoms with Gasteiger partial charge < -0.3 is 5.73 Å². The summed E-state index contributed by atoms with van der Waals surface area (Å²) in [4.78, 5) is 4.09. The smallest absolute Gasteiger partial charge is 0.138 e. The van der Waals surface area contributed by atoms with E-state index in [1.54, 1.807) is 0 Å². The van der Waals surface area contributed by atoms with Crippen LogP contribution in [0, 0.1) is 6.92 Å². The van der Waals surface area contributed by atoms with E-state index in [-0.39, 0.29) is 5.54 Å². The highest BCUT2D eigenvalue weighted by molar-refractivity contribution is 5.09. The average molecular weight is 178 g/mol. The normalized spacial score (nSPS) is 18.6. The number of hydrogen-bond donors (Lipinski definition) is 1. The zero-order valence-electron chi connectivity index (χ0n) is 7.82. The summed E-state index contributed by atoms with van der Waals surface area (Å²) in [5.41, 5.74) is 8.03. The fourth-order valence-corrected chi connectivity index (χ4v) is 1.36. The summed E-state index contributed by atoms with van der Waals surface area (Å²) in [7, 11) is 0. The summed E-state index contributed by atoms with van der Waals surface area (Å²) in [5, 5.41) is 7.81. The Hall–Kier alpha value is -1.03. The number of hydrogen-bond acceptors (Lipinski definition) is 4. The Balaban J connectivity index is 1.97. The summed E-state index contributed by atoms with van der Waals surface area (Å²) in [6, 6.07) is 0. The Labute approximate surface area is 77.6 Å². The molecule has 1 fully saturated rings. The monoisotopic (exact) mass is 178 g/mol. The van der Waals surface area contributed by atoms with Crippen molar-refractivity contribution in [2.24, 2.45) is 5.73 Å². The van der Waals surface area contributed by atoms with Crippen LogP contribution in [0.2, 0.25) is 0 Å². The molecule has 0 atom stereocenters. The zero-order chi connectivity index (χ0) is 9.31. The van der Waals surface area contributed by atoms with Crippen LogP contribution in [-0.2, 0) is 6.42 Å². The van der Waals surface area contributed by atoms with Gasteiger partial charge in [-0.1, -0.05) is 0 Å². The van der Waals surface area contributed by atoms with Crippen LogP contribution in [-0.4, -0.2) is 20.7 Å². The van der Waals surface area contributed by atoms with Gasteiger partial charge in [0, 0.05) is 5.54 Å². The lowest BCUT2D eigenvalue weighted by atomic mass is 10.1. The summed E-state index contributed by atoms with van der Waals surface area (Å²) < 4.78 is 0. The van der Waals surface area contributed by atoms with Crippen LogP contribution in [0.15, 0.2) is 6.33 Å². The second-order valence-electron chi connectivity index (χ2n) is 3.85. The molecule has 2 N–H and O–H groups in total.